The van der Waals surface area contributed by atoms with E-state index < -0.39 is 11.8 Å². The SMILES string of the molecule is CC(C)N(CCC(=O)O)C(=O)COc1ccc(Br)cc1F. The molecule has 0 aliphatic carbocycles. The molecule has 0 atom stereocenters. The Balaban J connectivity index is 2.62. The molecule has 0 aliphatic rings. The number of carboxylic acid groups (broad SMARTS) is 1. The number of aliphatic carboxylic acids is 1. The van der Waals surface area contributed by atoms with E-state index in [0.717, 1.165) is 0 Å². The normalized spacial score (nSPS) is 10.5. The summed E-state index contributed by atoms with van der Waals surface area (Å²) >= 11 is 3.13. The van der Waals surface area contributed by atoms with Gasteiger partial charge in [0.1, 0.15) is 0 Å². The van der Waals surface area contributed by atoms with Crippen molar-refractivity contribution in [2.24, 2.45) is 0 Å². The molecule has 1 N–H and O–H groups in total. The van der Waals surface area contributed by atoms with Crippen LogP contribution in [0.4, 0.5) is 4.39 Å². The van der Waals surface area contributed by atoms with Crippen molar-refractivity contribution in [2.75, 3.05) is 13.2 Å². The summed E-state index contributed by atoms with van der Waals surface area (Å²) in [6.45, 7) is 3.31. The molecule has 0 unspecified atom stereocenters. The minimum atomic E-state index is -0.978. The standard InChI is InChI=1S/C14H17BrFNO4/c1-9(2)17(6-5-14(19)20)13(18)8-21-12-4-3-10(15)7-11(12)16/h3-4,7,9H,5-6,8H2,1-2H3,(H,19,20). The van der Waals surface area contributed by atoms with Crippen LogP contribution in [-0.2, 0) is 9.59 Å². The summed E-state index contributed by atoms with van der Waals surface area (Å²) in [7, 11) is 0. The Kier molecular flexibility index (Phi) is 6.61. The molecule has 0 bridgehead atoms. The highest BCUT2D eigenvalue weighted by molar-refractivity contribution is 9.10. The second kappa shape index (κ2) is 7.97. The highest BCUT2D eigenvalue weighted by atomic mass is 79.9. The molecule has 21 heavy (non-hydrogen) atoms. The van der Waals surface area contributed by atoms with Crippen LogP contribution >= 0.6 is 15.9 Å². The maximum absolute atomic E-state index is 13.6. The summed E-state index contributed by atoms with van der Waals surface area (Å²) in [6.07, 6.45) is -0.142. The minimum absolute atomic E-state index is 0.0199. The molecule has 0 fully saturated rings. The molecule has 0 aromatic heterocycles. The fourth-order valence-corrected chi connectivity index (χ4v) is 2.03. The van der Waals surface area contributed by atoms with Crippen LogP contribution in [-0.4, -0.2) is 41.1 Å². The van der Waals surface area contributed by atoms with Gasteiger partial charge in [-0.05, 0) is 32.0 Å². The van der Waals surface area contributed by atoms with Gasteiger partial charge in [-0.25, -0.2) is 4.39 Å². The highest BCUT2D eigenvalue weighted by Crippen LogP contribution is 2.21. The molecule has 1 aromatic carbocycles. The molecule has 1 amide bonds. The van der Waals surface area contributed by atoms with Gasteiger partial charge in [0, 0.05) is 17.1 Å². The number of rotatable bonds is 7. The summed E-state index contributed by atoms with van der Waals surface area (Å²) in [6, 6.07) is 4.11. The van der Waals surface area contributed by atoms with Gasteiger partial charge in [-0.3, -0.25) is 9.59 Å². The van der Waals surface area contributed by atoms with Crippen LogP contribution in [0.3, 0.4) is 0 Å². The number of nitrogens with zero attached hydrogens (tertiary/aromatic N) is 1. The van der Waals surface area contributed by atoms with Crippen molar-refractivity contribution in [3.63, 3.8) is 0 Å². The third kappa shape index (κ3) is 5.71. The van der Waals surface area contributed by atoms with Crippen molar-refractivity contribution in [1.29, 1.82) is 0 Å². The van der Waals surface area contributed by atoms with E-state index in [2.05, 4.69) is 15.9 Å². The predicted octanol–water partition coefficient (Wildman–Crippen LogP) is 2.68. The molecule has 116 valence electrons. The minimum Gasteiger partial charge on any atom is -0.481 e. The molecule has 7 heteroatoms. The number of hydrogen-bond acceptors (Lipinski definition) is 3. The maximum atomic E-state index is 13.6. The third-order valence-electron chi connectivity index (χ3n) is 2.76. The van der Waals surface area contributed by atoms with Crippen LogP contribution in [0, 0.1) is 5.82 Å². The quantitative estimate of drug-likeness (QED) is 0.810. The van der Waals surface area contributed by atoms with E-state index in [1.165, 1.54) is 17.0 Å². The maximum Gasteiger partial charge on any atom is 0.305 e. The Labute approximate surface area is 130 Å². The summed E-state index contributed by atoms with van der Waals surface area (Å²) in [5, 5.41) is 8.67. The Morgan fingerprint density at radius 3 is 2.62 bits per heavy atom. The van der Waals surface area contributed by atoms with E-state index in [4.69, 9.17) is 9.84 Å². The first-order chi connectivity index (χ1) is 9.81. The molecular formula is C14H17BrFNO4. The number of benzene rings is 1. The molecule has 1 aromatic rings. The molecule has 0 spiro atoms. The second-order valence-corrected chi connectivity index (χ2v) is 5.60. The van der Waals surface area contributed by atoms with E-state index in [9.17, 15) is 14.0 Å². The number of ether oxygens (including phenoxy) is 1. The molecule has 0 radical (unpaired) electrons. The molecule has 0 aliphatic heterocycles. The lowest BCUT2D eigenvalue weighted by Gasteiger charge is -2.26. The zero-order valence-corrected chi connectivity index (χ0v) is 13.4. The van der Waals surface area contributed by atoms with Gasteiger partial charge in [0.05, 0.1) is 6.42 Å². The van der Waals surface area contributed by atoms with E-state index in [1.807, 2.05) is 0 Å². The number of halogens is 2. The molecule has 0 heterocycles. The Bertz CT molecular complexity index is 522. The van der Waals surface area contributed by atoms with Crippen molar-refractivity contribution in [1.82, 2.24) is 4.90 Å². The Hall–Kier alpha value is -1.63. The second-order valence-electron chi connectivity index (χ2n) is 4.69. The van der Waals surface area contributed by atoms with E-state index in [1.54, 1.807) is 19.9 Å². The van der Waals surface area contributed by atoms with Gasteiger partial charge in [-0.1, -0.05) is 15.9 Å². The van der Waals surface area contributed by atoms with Crippen LogP contribution in [0.2, 0.25) is 0 Å². The van der Waals surface area contributed by atoms with Gasteiger partial charge in [0.2, 0.25) is 0 Å². The first-order valence-corrected chi connectivity index (χ1v) is 7.19. The van der Waals surface area contributed by atoms with Crippen molar-refractivity contribution in [2.45, 2.75) is 26.3 Å². The molecule has 0 saturated carbocycles. The average molecular weight is 362 g/mol. The summed E-state index contributed by atoms with van der Waals surface area (Å²) in [5.41, 5.74) is 0. The van der Waals surface area contributed by atoms with Crippen LogP contribution in [0.5, 0.6) is 5.75 Å². The van der Waals surface area contributed by atoms with Gasteiger partial charge in [0.25, 0.3) is 5.91 Å². The largest absolute Gasteiger partial charge is 0.481 e. The van der Waals surface area contributed by atoms with Crippen molar-refractivity contribution in [3.8, 4) is 5.75 Å². The summed E-state index contributed by atoms with van der Waals surface area (Å²) in [5.74, 6) is -1.95. The highest BCUT2D eigenvalue weighted by Gasteiger charge is 2.19. The van der Waals surface area contributed by atoms with Gasteiger partial charge >= 0.3 is 5.97 Å². The van der Waals surface area contributed by atoms with E-state index in [0.29, 0.717) is 4.47 Å². The number of carbonyl (C=O) groups excluding carboxylic acids is 1. The van der Waals surface area contributed by atoms with Gasteiger partial charge in [0.15, 0.2) is 18.2 Å². The molecule has 0 saturated heterocycles. The smallest absolute Gasteiger partial charge is 0.305 e. The lowest BCUT2D eigenvalue weighted by Crippen LogP contribution is -2.41. The van der Waals surface area contributed by atoms with Crippen LogP contribution in [0.1, 0.15) is 20.3 Å². The van der Waals surface area contributed by atoms with Crippen molar-refractivity contribution < 1.29 is 23.8 Å². The summed E-state index contributed by atoms with van der Waals surface area (Å²) < 4.78 is 19.3. The van der Waals surface area contributed by atoms with Gasteiger partial charge in [-0.2, -0.15) is 0 Å². The first-order valence-electron chi connectivity index (χ1n) is 6.40. The average Bonchev–Trinajstić information content (AvgIpc) is 2.37. The molecule has 1 rings (SSSR count). The number of hydrogen-bond donors (Lipinski definition) is 1. The summed E-state index contributed by atoms with van der Waals surface area (Å²) in [4.78, 5) is 24.0. The monoisotopic (exact) mass is 361 g/mol. The lowest BCUT2D eigenvalue weighted by molar-refractivity contribution is -0.139. The van der Waals surface area contributed by atoms with Crippen LogP contribution in [0.25, 0.3) is 0 Å². The molecule has 5 nitrogen and oxygen atoms in total. The zero-order chi connectivity index (χ0) is 16.0. The fraction of sp³-hybridized carbons (Fsp3) is 0.429. The number of carboxylic acids is 1. The Morgan fingerprint density at radius 2 is 2.10 bits per heavy atom. The van der Waals surface area contributed by atoms with Gasteiger partial charge < -0.3 is 14.7 Å². The lowest BCUT2D eigenvalue weighted by atomic mass is 10.2. The van der Waals surface area contributed by atoms with Crippen LogP contribution in [0.15, 0.2) is 22.7 Å². The number of carbonyl (C=O) groups is 2. The third-order valence-corrected chi connectivity index (χ3v) is 3.25. The number of amides is 1. The van der Waals surface area contributed by atoms with Crippen molar-refractivity contribution >= 4 is 27.8 Å². The van der Waals surface area contributed by atoms with Crippen LogP contribution < -0.4 is 4.74 Å². The van der Waals surface area contributed by atoms with E-state index >= 15 is 0 Å². The predicted molar refractivity (Wildman–Crippen MR) is 78.7 cm³/mol. The Morgan fingerprint density at radius 1 is 1.43 bits per heavy atom. The first kappa shape index (κ1) is 17.4. The zero-order valence-electron chi connectivity index (χ0n) is 11.8. The molecular weight excluding hydrogens is 345 g/mol. The van der Waals surface area contributed by atoms with E-state index in [-0.39, 0.29) is 37.3 Å². The van der Waals surface area contributed by atoms with Crippen molar-refractivity contribution in [3.05, 3.63) is 28.5 Å². The fourth-order valence-electron chi connectivity index (χ4n) is 1.70. The van der Waals surface area contributed by atoms with Gasteiger partial charge in [-0.15, -0.1) is 0 Å². The topological polar surface area (TPSA) is 66.8 Å².